The molecule has 19 heavy (non-hydrogen) atoms. The monoisotopic (exact) mass is 283 g/mol. The van der Waals surface area contributed by atoms with Crippen molar-refractivity contribution in [3.8, 4) is 0 Å². The molecule has 0 aliphatic carbocycles. The van der Waals surface area contributed by atoms with Gasteiger partial charge in [-0.25, -0.2) is 0 Å². The van der Waals surface area contributed by atoms with Crippen LogP contribution in [-0.2, 0) is 13.3 Å². The minimum absolute atomic E-state index is 0. The molecule has 0 aromatic heterocycles. The second-order valence-corrected chi connectivity index (χ2v) is 6.84. The van der Waals surface area contributed by atoms with Crippen molar-refractivity contribution in [1.82, 2.24) is 0 Å². The standard InChI is InChI=1S/C13H30NO3Si.Li/c1-5-9-11-14-12-10-13-18(15-6-2,16-7-3)17-8-4;/h5-13H2,1-4H3;/q-1;+1. The molecule has 0 bridgehead atoms. The molecular formula is C13H30LiNO3Si. The van der Waals surface area contributed by atoms with Gasteiger partial charge in [-0.1, -0.05) is 26.2 Å². The van der Waals surface area contributed by atoms with Gasteiger partial charge in [-0.3, -0.25) is 0 Å². The van der Waals surface area contributed by atoms with Gasteiger partial charge in [0.2, 0.25) is 0 Å². The smallest absolute Gasteiger partial charge is 0.662 e. The van der Waals surface area contributed by atoms with Crippen LogP contribution in [0.3, 0.4) is 0 Å². The molecule has 0 aliphatic rings. The maximum Gasteiger partial charge on any atom is 1.00 e. The minimum Gasteiger partial charge on any atom is -0.662 e. The van der Waals surface area contributed by atoms with Crippen LogP contribution in [-0.4, -0.2) is 41.7 Å². The average molecular weight is 283 g/mol. The zero-order chi connectivity index (χ0) is 13.7. The average Bonchev–Trinajstić information content (AvgIpc) is 2.35. The molecular weight excluding hydrogens is 253 g/mol. The number of unbranched alkanes of at least 4 members (excludes halogenated alkanes) is 1. The molecule has 0 heterocycles. The Balaban J connectivity index is 0. The Morgan fingerprint density at radius 1 is 0.789 bits per heavy atom. The van der Waals surface area contributed by atoms with Crippen LogP contribution in [0.15, 0.2) is 0 Å². The number of hydrogen-bond donors (Lipinski definition) is 0. The van der Waals surface area contributed by atoms with E-state index in [9.17, 15) is 0 Å². The van der Waals surface area contributed by atoms with Gasteiger partial charge in [0.05, 0.1) is 0 Å². The zero-order valence-corrected chi connectivity index (χ0v) is 14.5. The topological polar surface area (TPSA) is 41.8 Å². The summed E-state index contributed by atoms with van der Waals surface area (Å²) >= 11 is 0. The van der Waals surface area contributed by atoms with E-state index in [2.05, 4.69) is 12.2 Å². The summed E-state index contributed by atoms with van der Waals surface area (Å²) in [5.41, 5.74) is 0. The third-order valence-electron chi connectivity index (χ3n) is 2.56. The first-order chi connectivity index (χ1) is 8.74. The Morgan fingerprint density at radius 2 is 1.26 bits per heavy atom. The Labute approximate surface area is 132 Å². The number of nitrogens with zero attached hydrogens (tertiary/aromatic N) is 1. The summed E-state index contributed by atoms with van der Waals surface area (Å²) in [7, 11) is -2.42. The molecule has 0 rings (SSSR count). The Kier molecular flexibility index (Phi) is 17.4. The van der Waals surface area contributed by atoms with Crippen molar-refractivity contribution in [2.45, 2.75) is 53.0 Å². The van der Waals surface area contributed by atoms with Crippen LogP contribution in [0.2, 0.25) is 6.04 Å². The van der Waals surface area contributed by atoms with Gasteiger partial charge in [-0.05, 0) is 20.8 Å². The summed E-state index contributed by atoms with van der Waals surface area (Å²) in [5, 5.41) is 4.50. The van der Waals surface area contributed by atoms with Crippen LogP contribution < -0.4 is 18.9 Å². The van der Waals surface area contributed by atoms with Crippen LogP contribution in [0, 0.1) is 0 Å². The van der Waals surface area contributed by atoms with E-state index in [1.807, 2.05) is 20.8 Å². The van der Waals surface area contributed by atoms with Gasteiger partial charge >= 0.3 is 27.7 Å². The molecule has 0 unspecified atom stereocenters. The Bertz CT molecular complexity index is 170. The molecule has 0 atom stereocenters. The fourth-order valence-electron chi connectivity index (χ4n) is 1.79. The van der Waals surface area contributed by atoms with Gasteiger partial charge < -0.3 is 18.6 Å². The van der Waals surface area contributed by atoms with Gasteiger partial charge in [0.1, 0.15) is 0 Å². The first-order valence-corrected chi connectivity index (χ1v) is 9.22. The van der Waals surface area contributed by atoms with E-state index in [1.165, 1.54) is 12.8 Å². The fourth-order valence-corrected chi connectivity index (χ4v) is 4.38. The molecule has 0 amide bonds. The Hall–Kier alpha value is 0.654. The second kappa shape index (κ2) is 15.1. The molecule has 0 spiro atoms. The summed E-state index contributed by atoms with van der Waals surface area (Å²) < 4.78 is 17.4. The summed E-state index contributed by atoms with van der Waals surface area (Å²) in [4.78, 5) is 0. The van der Waals surface area contributed by atoms with Gasteiger partial charge in [0.15, 0.2) is 0 Å². The molecule has 0 saturated carbocycles. The van der Waals surface area contributed by atoms with Crippen molar-refractivity contribution in [2.75, 3.05) is 32.9 Å². The van der Waals surface area contributed by atoms with E-state index in [0.717, 1.165) is 25.6 Å². The molecule has 0 saturated heterocycles. The molecule has 0 N–H and O–H groups in total. The molecule has 6 heteroatoms. The SMILES string of the molecule is CCCC[N-]CCC[Si](OCC)(OCC)OCC.[Li+]. The molecule has 4 nitrogen and oxygen atoms in total. The van der Waals surface area contributed by atoms with Crippen molar-refractivity contribution < 1.29 is 32.1 Å². The predicted octanol–water partition coefficient (Wildman–Crippen LogP) is 0.603. The van der Waals surface area contributed by atoms with Gasteiger partial charge in [0.25, 0.3) is 0 Å². The van der Waals surface area contributed by atoms with Gasteiger partial charge in [-0.15, -0.1) is 13.1 Å². The molecule has 110 valence electrons. The Morgan fingerprint density at radius 3 is 1.68 bits per heavy atom. The number of rotatable bonds is 13. The van der Waals surface area contributed by atoms with Gasteiger partial charge in [-0.2, -0.15) is 0 Å². The van der Waals surface area contributed by atoms with Crippen molar-refractivity contribution in [3.05, 3.63) is 5.32 Å². The van der Waals surface area contributed by atoms with E-state index in [1.54, 1.807) is 0 Å². The predicted molar refractivity (Wildman–Crippen MR) is 78.1 cm³/mol. The zero-order valence-electron chi connectivity index (χ0n) is 13.5. The van der Waals surface area contributed by atoms with Crippen LogP contribution in [0.5, 0.6) is 0 Å². The largest absolute Gasteiger partial charge is 1.00 e. The quantitative estimate of drug-likeness (QED) is 0.367. The third-order valence-corrected chi connectivity index (χ3v) is 5.71. The molecule has 0 radical (unpaired) electrons. The van der Waals surface area contributed by atoms with Gasteiger partial charge in [0, 0.05) is 25.9 Å². The van der Waals surface area contributed by atoms with Crippen molar-refractivity contribution in [2.24, 2.45) is 0 Å². The molecule has 0 fully saturated rings. The van der Waals surface area contributed by atoms with Crippen molar-refractivity contribution in [1.29, 1.82) is 0 Å². The minimum atomic E-state index is -2.42. The van der Waals surface area contributed by atoms with Crippen LogP contribution >= 0.6 is 0 Å². The summed E-state index contributed by atoms with van der Waals surface area (Å²) in [6.07, 6.45) is 3.39. The first kappa shape index (κ1) is 21.9. The maximum absolute atomic E-state index is 5.79. The van der Waals surface area contributed by atoms with Crippen LogP contribution in [0.1, 0.15) is 47.0 Å². The summed E-state index contributed by atoms with van der Waals surface area (Å²) in [5.74, 6) is 0. The van der Waals surface area contributed by atoms with Crippen molar-refractivity contribution >= 4 is 8.80 Å². The van der Waals surface area contributed by atoms with E-state index in [4.69, 9.17) is 13.3 Å². The van der Waals surface area contributed by atoms with E-state index < -0.39 is 8.80 Å². The van der Waals surface area contributed by atoms with Crippen LogP contribution in [0.25, 0.3) is 5.32 Å². The summed E-state index contributed by atoms with van der Waals surface area (Å²) in [6.45, 7) is 12.0. The second-order valence-electron chi connectivity index (χ2n) is 4.11. The van der Waals surface area contributed by atoms with Crippen LogP contribution in [0.4, 0.5) is 0 Å². The maximum atomic E-state index is 5.79. The molecule has 0 aromatic carbocycles. The fraction of sp³-hybridized carbons (Fsp3) is 1.00. The van der Waals surface area contributed by atoms with E-state index >= 15 is 0 Å². The third kappa shape index (κ3) is 11.0. The normalized spacial score (nSPS) is 11.4. The first-order valence-electron chi connectivity index (χ1n) is 7.29. The number of hydrogen-bond acceptors (Lipinski definition) is 3. The van der Waals surface area contributed by atoms with Crippen molar-refractivity contribution in [3.63, 3.8) is 0 Å². The van der Waals surface area contributed by atoms with E-state index in [0.29, 0.717) is 19.8 Å². The summed E-state index contributed by atoms with van der Waals surface area (Å²) in [6, 6.07) is 0.873. The molecule has 0 aromatic rings. The molecule has 0 aliphatic heterocycles. The van der Waals surface area contributed by atoms with E-state index in [-0.39, 0.29) is 18.9 Å².